The molecule has 2 heteroatoms. The Morgan fingerprint density at radius 2 is 1.62 bits per heavy atom. The number of ether oxygens (including phenoxy) is 2. The first-order valence-electron chi connectivity index (χ1n) is 9.69. The van der Waals surface area contributed by atoms with Gasteiger partial charge in [0, 0.05) is 0 Å². The first-order chi connectivity index (χ1) is 11.7. The summed E-state index contributed by atoms with van der Waals surface area (Å²) in [7, 11) is 0. The summed E-state index contributed by atoms with van der Waals surface area (Å²) in [5.74, 6) is 0.952. The van der Waals surface area contributed by atoms with Crippen molar-refractivity contribution in [2.45, 2.75) is 77.2 Å². The van der Waals surface area contributed by atoms with Crippen molar-refractivity contribution >= 4 is 0 Å². The van der Waals surface area contributed by atoms with Gasteiger partial charge in [-0.3, -0.25) is 0 Å². The van der Waals surface area contributed by atoms with Gasteiger partial charge in [-0.25, -0.2) is 0 Å². The molecule has 2 rings (SSSR count). The summed E-state index contributed by atoms with van der Waals surface area (Å²) in [6.45, 7) is 5.66. The minimum atomic E-state index is -0.0363. The van der Waals surface area contributed by atoms with E-state index in [1.807, 2.05) is 0 Å². The van der Waals surface area contributed by atoms with Gasteiger partial charge in [0.2, 0.25) is 0 Å². The minimum absolute atomic E-state index is 0.0363. The Balaban J connectivity index is 1.47. The molecule has 1 saturated heterocycles. The summed E-state index contributed by atoms with van der Waals surface area (Å²) in [6, 6.07) is 8.58. The molecule has 1 heterocycles. The predicted molar refractivity (Wildman–Crippen MR) is 102 cm³/mol. The van der Waals surface area contributed by atoms with Gasteiger partial charge in [-0.15, -0.1) is 0 Å². The van der Waals surface area contributed by atoms with Gasteiger partial charge in [0.15, 0.2) is 0 Å². The molecule has 0 spiro atoms. The maximum atomic E-state index is 5.76. The number of hydrogen-bond acceptors (Lipinski definition) is 2. The average molecular weight is 331 g/mol. The van der Waals surface area contributed by atoms with Crippen LogP contribution in [0.5, 0.6) is 5.75 Å². The highest BCUT2D eigenvalue weighted by molar-refractivity contribution is 5.27. The van der Waals surface area contributed by atoms with Crippen molar-refractivity contribution < 1.29 is 9.47 Å². The Hall–Kier alpha value is -1.28. The molecule has 1 unspecified atom stereocenters. The van der Waals surface area contributed by atoms with Crippen molar-refractivity contribution in [1.29, 1.82) is 0 Å². The maximum Gasteiger partial charge on any atom is 0.123 e. The van der Waals surface area contributed by atoms with Gasteiger partial charge >= 0.3 is 0 Å². The number of rotatable bonds is 13. The zero-order valence-electron chi connectivity index (χ0n) is 15.6. The zero-order valence-corrected chi connectivity index (χ0v) is 15.6. The van der Waals surface area contributed by atoms with Gasteiger partial charge < -0.3 is 9.47 Å². The molecule has 1 aromatic carbocycles. The quantitative estimate of drug-likeness (QED) is 0.248. The van der Waals surface area contributed by atoms with Crippen molar-refractivity contribution in [3.63, 3.8) is 0 Å². The number of epoxide rings is 1. The second kappa shape index (κ2) is 10.6. The molecule has 0 radical (unpaired) electrons. The van der Waals surface area contributed by atoms with E-state index in [1.54, 1.807) is 0 Å². The molecule has 0 aliphatic carbocycles. The molecule has 1 fully saturated rings. The molecule has 1 aliphatic rings. The Labute approximate surface area is 148 Å². The number of aryl methyl sites for hydroxylation is 1. The van der Waals surface area contributed by atoms with Crippen molar-refractivity contribution in [2.75, 3.05) is 13.2 Å². The summed E-state index contributed by atoms with van der Waals surface area (Å²) in [5.41, 5.74) is 1.38. The van der Waals surface area contributed by atoms with Gasteiger partial charge in [-0.2, -0.15) is 0 Å². The van der Waals surface area contributed by atoms with Crippen LogP contribution in [-0.4, -0.2) is 18.8 Å². The molecule has 24 heavy (non-hydrogen) atoms. The third-order valence-corrected chi connectivity index (χ3v) is 4.68. The van der Waals surface area contributed by atoms with E-state index in [2.05, 4.69) is 50.3 Å². The zero-order chi connectivity index (χ0) is 17.1. The molecule has 0 bridgehead atoms. The third-order valence-electron chi connectivity index (χ3n) is 4.68. The topological polar surface area (TPSA) is 21.8 Å². The highest BCUT2D eigenvalue weighted by Gasteiger charge is 2.40. The summed E-state index contributed by atoms with van der Waals surface area (Å²) < 4.78 is 11.1. The van der Waals surface area contributed by atoms with Crippen LogP contribution in [0.2, 0.25) is 0 Å². The van der Waals surface area contributed by atoms with Gasteiger partial charge in [0.25, 0.3) is 0 Å². The Morgan fingerprint density at radius 1 is 1.00 bits per heavy atom. The molecule has 0 saturated carbocycles. The van der Waals surface area contributed by atoms with E-state index >= 15 is 0 Å². The number of unbranched alkanes of at least 4 members (excludes halogenated alkanes) is 7. The SMILES string of the molecule is C/C=C/CCCCCCCCCc1ccc(OCC2(C)CO2)cc1. The van der Waals surface area contributed by atoms with E-state index in [4.69, 9.17) is 9.47 Å². The molecule has 0 N–H and O–H groups in total. The summed E-state index contributed by atoms with van der Waals surface area (Å²) in [6.07, 6.45) is 16.4. The lowest BCUT2D eigenvalue weighted by Crippen LogP contribution is -2.16. The minimum Gasteiger partial charge on any atom is -0.491 e. The molecule has 0 aromatic heterocycles. The van der Waals surface area contributed by atoms with E-state index in [9.17, 15) is 0 Å². The lowest BCUT2D eigenvalue weighted by Gasteiger charge is -2.09. The first-order valence-corrected chi connectivity index (χ1v) is 9.69. The first kappa shape index (κ1) is 19.1. The third kappa shape index (κ3) is 8.01. The Kier molecular flexibility index (Phi) is 8.38. The number of benzene rings is 1. The standard InChI is InChI=1S/C22H34O2/c1-3-4-5-6-7-8-9-10-11-12-13-20-14-16-21(17-15-20)23-18-22(2)19-24-22/h3-4,14-17H,5-13,18-19H2,1-2H3/b4-3+. The normalized spacial score (nSPS) is 19.8. The van der Waals surface area contributed by atoms with E-state index in [1.165, 1.54) is 63.4 Å². The van der Waals surface area contributed by atoms with Crippen molar-refractivity contribution in [1.82, 2.24) is 0 Å². The van der Waals surface area contributed by atoms with E-state index in [0.717, 1.165) is 12.4 Å². The van der Waals surface area contributed by atoms with Crippen LogP contribution < -0.4 is 4.74 Å². The fraction of sp³-hybridized carbons (Fsp3) is 0.636. The van der Waals surface area contributed by atoms with Crippen LogP contribution in [0.3, 0.4) is 0 Å². The van der Waals surface area contributed by atoms with Crippen molar-refractivity contribution in [2.24, 2.45) is 0 Å². The monoisotopic (exact) mass is 330 g/mol. The van der Waals surface area contributed by atoms with Crippen LogP contribution in [0, 0.1) is 0 Å². The molecular formula is C22H34O2. The Bertz CT molecular complexity index is 471. The van der Waals surface area contributed by atoms with Crippen LogP contribution in [0.4, 0.5) is 0 Å². The van der Waals surface area contributed by atoms with E-state index in [0.29, 0.717) is 6.61 Å². The van der Waals surface area contributed by atoms with Crippen molar-refractivity contribution in [3.05, 3.63) is 42.0 Å². The highest BCUT2D eigenvalue weighted by atomic mass is 16.6. The average Bonchev–Trinajstić information content (AvgIpc) is 3.34. The van der Waals surface area contributed by atoms with Gasteiger partial charge in [-0.1, -0.05) is 56.4 Å². The maximum absolute atomic E-state index is 5.76. The molecule has 2 nitrogen and oxygen atoms in total. The second-order valence-corrected chi connectivity index (χ2v) is 7.25. The van der Waals surface area contributed by atoms with E-state index in [-0.39, 0.29) is 5.60 Å². The smallest absolute Gasteiger partial charge is 0.123 e. The molecule has 1 atom stereocenters. The lowest BCUT2D eigenvalue weighted by molar-refractivity contribution is 0.202. The Morgan fingerprint density at radius 3 is 2.25 bits per heavy atom. The highest BCUT2D eigenvalue weighted by Crippen LogP contribution is 2.27. The van der Waals surface area contributed by atoms with E-state index < -0.39 is 0 Å². The molecule has 1 aromatic rings. The summed E-state index contributed by atoms with van der Waals surface area (Å²) >= 11 is 0. The van der Waals surface area contributed by atoms with Gasteiger partial charge in [0.1, 0.15) is 18.0 Å². The van der Waals surface area contributed by atoms with Crippen LogP contribution >= 0.6 is 0 Å². The predicted octanol–water partition coefficient (Wildman–Crippen LogP) is 6.09. The fourth-order valence-electron chi connectivity index (χ4n) is 2.84. The van der Waals surface area contributed by atoms with Gasteiger partial charge in [0.05, 0.1) is 6.61 Å². The summed E-state index contributed by atoms with van der Waals surface area (Å²) in [5, 5.41) is 0. The van der Waals surface area contributed by atoms with Crippen molar-refractivity contribution in [3.8, 4) is 5.75 Å². The second-order valence-electron chi connectivity index (χ2n) is 7.25. The van der Waals surface area contributed by atoms with Crippen LogP contribution in [0.25, 0.3) is 0 Å². The molecule has 1 aliphatic heterocycles. The molecular weight excluding hydrogens is 296 g/mol. The van der Waals surface area contributed by atoms with Crippen LogP contribution in [0.1, 0.15) is 70.8 Å². The van der Waals surface area contributed by atoms with Crippen LogP contribution in [-0.2, 0) is 11.2 Å². The molecule has 134 valence electrons. The fourth-order valence-corrected chi connectivity index (χ4v) is 2.84. The number of allylic oxidation sites excluding steroid dienone is 2. The molecule has 0 amide bonds. The largest absolute Gasteiger partial charge is 0.491 e. The lowest BCUT2D eigenvalue weighted by atomic mass is 10.0. The number of hydrogen-bond donors (Lipinski definition) is 0. The summed E-state index contributed by atoms with van der Waals surface area (Å²) in [4.78, 5) is 0. The van der Waals surface area contributed by atoms with Crippen LogP contribution in [0.15, 0.2) is 36.4 Å². The van der Waals surface area contributed by atoms with Gasteiger partial charge in [-0.05, 0) is 57.2 Å².